The number of hydrogen-bond donors (Lipinski definition) is 0. The molecule has 0 aromatic carbocycles. The number of carbonyl (C=O) groups is 1. The highest BCUT2D eigenvalue weighted by molar-refractivity contribution is 6.14. The summed E-state index contributed by atoms with van der Waals surface area (Å²) < 4.78 is 5.06. The van der Waals surface area contributed by atoms with Crippen molar-refractivity contribution < 1.29 is 9.53 Å². The van der Waals surface area contributed by atoms with Crippen molar-refractivity contribution in [1.82, 2.24) is 0 Å². The Bertz CT molecular complexity index is 368. The molecule has 0 unspecified atom stereocenters. The second-order valence-corrected chi connectivity index (χ2v) is 4.22. The van der Waals surface area contributed by atoms with Crippen LogP contribution in [0.15, 0.2) is 41.4 Å². The SMILES string of the molecule is C=C1C=CC=C/C1=N\C(=O)OC(C)(C)C. The second-order valence-electron chi connectivity index (χ2n) is 4.22. The number of aliphatic imine (C=N–C) groups is 1. The molecule has 3 heteroatoms. The van der Waals surface area contributed by atoms with Crippen LogP contribution in [0.2, 0.25) is 0 Å². The fourth-order valence-electron chi connectivity index (χ4n) is 1.00. The zero-order valence-corrected chi connectivity index (χ0v) is 9.28. The van der Waals surface area contributed by atoms with E-state index in [0.717, 1.165) is 0 Å². The lowest BCUT2D eigenvalue weighted by Crippen LogP contribution is -2.22. The largest absolute Gasteiger partial charge is 0.442 e. The first-order valence-electron chi connectivity index (χ1n) is 4.74. The van der Waals surface area contributed by atoms with E-state index in [-0.39, 0.29) is 0 Å². The van der Waals surface area contributed by atoms with E-state index in [2.05, 4.69) is 11.6 Å². The molecule has 0 spiro atoms. The Labute approximate surface area is 89.8 Å². The summed E-state index contributed by atoms with van der Waals surface area (Å²) in [6.07, 6.45) is 6.59. The normalized spacial score (nSPS) is 18.3. The van der Waals surface area contributed by atoms with E-state index in [4.69, 9.17) is 4.74 Å². The Morgan fingerprint density at radius 2 is 1.93 bits per heavy atom. The number of nitrogens with zero attached hydrogens (tertiary/aromatic N) is 1. The first kappa shape index (κ1) is 11.4. The maximum Gasteiger partial charge on any atom is 0.434 e. The average Bonchev–Trinajstić information content (AvgIpc) is 2.05. The van der Waals surface area contributed by atoms with Gasteiger partial charge in [0.2, 0.25) is 0 Å². The third-order valence-corrected chi connectivity index (χ3v) is 1.60. The van der Waals surface area contributed by atoms with Gasteiger partial charge in [0.15, 0.2) is 0 Å². The number of rotatable bonds is 0. The zero-order valence-electron chi connectivity index (χ0n) is 9.28. The van der Waals surface area contributed by atoms with Gasteiger partial charge in [0.05, 0.1) is 5.71 Å². The molecule has 0 N–H and O–H groups in total. The van der Waals surface area contributed by atoms with Gasteiger partial charge in [0, 0.05) is 0 Å². The Balaban J connectivity index is 2.72. The van der Waals surface area contributed by atoms with Gasteiger partial charge in [-0.05, 0) is 32.4 Å². The maximum atomic E-state index is 11.4. The van der Waals surface area contributed by atoms with Crippen LogP contribution in [0.3, 0.4) is 0 Å². The van der Waals surface area contributed by atoms with Gasteiger partial charge in [-0.3, -0.25) is 0 Å². The molecule has 1 aliphatic rings. The summed E-state index contributed by atoms with van der Waals surface area (Å²) in [7, 11) is 0. The molecule has 1 aliphatic carbocycles. The van der Waals surface area contributed by atoms with E-state index in [9.17, 15) is 4.79 Å². The maximum absolute atomic E-state index is 11.4. The Morgan fingerprint density at radius 3 is 2.47 bits per heavy atom. The Hall–Kier alpha value is -1.64. The van der Waals surface area contributed by atoms with Gasteiger partial charge in [-0.2, -0.15) is 4.99 Å². The average molecular weight is 205 g/mol. The molecule has 0 fully saturated rings. The quantitative estimate of drug-likeness (QED) is 0.609. The molecule has 0 aromatic rings. The number of hydrogen-bond acceptors (Lipinski definition) is 2. The van der Waals surface area contributed by atoms with Crippen molar-refractivity contribution in [2.24, 2.45) is 4.99 Å². The molecule has 0 heterocycles. The van der Waals surface area contributed by atoms with Crippen LogP contribution in [0.25, 0.3) is 0 Å². The van der Waals surface area contributed by atoms with Crippen LogP contribution >= 0.6 is 0 Å². The first-order chi connectivity index (χ1) is 6.88. The van der Waals surface area contributed by atoms with E-state index in [1.165, 1.54) is 0 Å². The van der Waals surface area contributed by atoms with E-state index in [1.54, 1.807) is 39.0 Å². The van der Waals surface area contributed by atoms with Crippen molar-refractivity contribution in [1.29, 1.82) is 0 Å². The number of amides is 1. The summed E-state index contributed by atoms with van der Waals surface area (Å²) >= 11 is 0. The smallest absolute Gasteiger partial charge is 0.434 e. The van der Waals surface area contributed by atoms with E-state index >= 15 is 0 Å². The summed E-state index contributed by atoms with van der Waals surface area (Å²) in [4.78, 5) is 15.2. The first-order valence-corrected chi connectivity index (χ1v) is 4.74. The second kappa shape index (κ2) is 4.26. The molecule has 0 saturated carbocycles. The van der Waals surface area contributed by atoms with Crippen LogP contribution in [-0.2, 0) is 4.74 Å². The topological polar surface area (TPSA) is 38.7 Å². The van der Waals surface area contributed by atoms with Crippen LogP contribution in [-0.4, -0.2) is 17.4 Å². The predicted octanol–water partition coefficient (Wildman–Crippen LogP) is 3.04. The molecule has 1 rings (SSSR count). The highest BCUT2D eigenvalue weighted by atomic mass is 16.6. The number of allylic oxidation sites excluding steroid dienone is 5. The van der Waals surface area contributed by atoms with E-state index in [0.29, 0.717) is 11.3 Å². The van der Waals surface area contributed by atoms with Crippen molar-refractivity contribution in [2.75, 3.05) is 0 Å². The highest BCUT2D eigenvalue weighted by Gasteiger charge is 2.16. The van der Waals surface area contributed by atoms with Crippen molar-refractivity contribution in [3.8, 4) is 0 Å². The van der Waals surface area contributed by atoms with Crippen LogP contribution in [0, 0.1) is 0 Å². The molecule has 0 aliphatic heterocycles. The van der Waals surface area contributed by atoms with Crippen LogP contribution < -0.4 is 0 Å². The van der Waals surface area contributed by atoms with Gasteiger partial charge in [-0.15, -0.1) is 0 Å². The minimum absolute atomic E-state index is 0.517. The third kappa shape index (κ3) is 3.94. The molecule has 3 nitrogen and oxygen atoms in total. The molecule has 15 heavy (non-hydrogen) atoms. The summed E-state index contributed by atoms with van der Waals surface area (Å²) in [5.41, 5.74) is 0.742. The monoisotopic (exact) mass is 205 g/mol. The molecule has 1 amide bonds. The molecule has 0 atom stereocenters. The summed E-state index contributed by atoms with van der Waals surface area (Å²) in [5.74, 6) is 0. The Morgan fingerprint density at radius 1 is 1.33 bits per heavy atom. The van der Waals surface area contributed by atoms with Crippen molar-refractivity contribution >= 4 is 11.8 Å². The number of ether oxygens (including phenoxy) is 1. The van der Waals surface area contributed by atoms with Gasteiger partial charge < -0.3 is 4.74 Å². The molecule has 0 radical (unpaired) electrons. The van der Waals surface area contributed by atoms with Crippen LogP contribution in [0.4, 0.5) is 4.79 Å². The van der Waals surface area contributed by atoms with Crippen LogP contribution in [0.1, 0.15) is 20.8 Å². The van der Waals surface area contributed by atoms with Crippen molar-refractivity contribution in [2.45, 2.75) is 26.4 Å². The molecular formula is C12H15NO2. The fourth-order valence-corrected chi connectivity index (χ4v) is 1.00. The van der Waals surface area contributed by atoms with E-state index in [1.807, 2.05) is 6.08 Å². The molecule has 0 aromatic heterocycles. The van der Waals surface area contributed by atoms with Crippen molar-refractivity contribution in [3.63, 3.8) is 0 Å². The van der Waals surface area contributed by atoms with Gasteiger partial charge in [-0.1, -0.05) is 24.8 Å². The van der Waals surface area contributed by atoms with Crippen molar-refractivity contribution in [3.05, 3.63) is 36.5 Å². The lowest BCUT2D eigenvalue weighted by Gasteiger charge is -2.17. The minimum atomic E-state index is -0.585. The summed E-state index contributed by atoms with van der Waals surface area (Å²) in [6.45, 7) is 9.17. The molecular weight excluding hydrogens is 190 g/mol. The van der Waals surface area contributed by atoms with Gasteiger partial charge in [0.25, 0.3) is 0 Å². The zero-order chi connectivity index (χ0) is 11.5. The van der Waals surface area contributed by atoms with Crippen LogP contribution in [0.5, 0.6) is 0 Å². The summed E-state index contributed by atoms with van der Waals surface area (Å²) in [6, 6.07) is 0. The minimum Gasteiger partial charge on any atom is -0.442 e. The molecule has 0 bridgehead atoms. The van der Waals surface area contributed by atoms with E-state index < -0.39 is 11.7 Å². The highest BCUT2D eigenvalue weighted by Crippen LogP contribution is 2.11. The van der Waals surface area contributed by atoms with Gasteiger partial charge in [-0.25, -0.2) is 4.79 Å². The lowest BCUT2D eigenvalue weighted by molar-refractivity contribution is 0.0604. The Kier molecular flexibility index (Phi) is 3.24. The standard InChI is InChI=1S/C12H15NO2/c1-9-7-5-6-8-10(9)13-11(14)15-12(2,3)4/h5-8H,1H2,2-4H3/b13-10+. The molecule has 0 saturated heterocycles. The fraction of sp³-hybridized carbons (Fsp3) is 0.333. The third-order valence-electron chi connectivity index (χ3n) is 1.60. The van der Waals surface area contributed by atoms with Gasteiger partial charge in [0.1, 0.15) is 5.60 Å². The number of carbonyl (C=O) groups excluding carboxylic acids is 1. The van der Waals surface area contributed by atoms with Gasteiger partial charge >= 0.3 is 6.09 Å². The molecule has 80 valence electrons. The lowest BCUT2D eigenvalue weighted by atomic mass is 10.1. The predicted molar refractivity (Wildman–Crippen MR) is 61.1 cm³/mol. The summed E-state index contributed by atoms with van der Waals surface area (Å²) in [5, 5.41) is 0.